The maximum atomic E-state index is 12.6. The molecule has 0 radical (unpaired) electrons. The van der Waals surface area contributed by atoms with Gasteiger partial charge >= 0.3 is 0 Å². The summed E-state index contributed by atoms with van der Waals surface area (Å²) in [5.74, 6) is 0.229. The number of benzene rings is 2. The number of aryl methyl sites for hydroxylation is 1. The third-order valence-corrected chi connectivity index (χ3v) is 5.38. The minimum Gasteiger partial charge on any atom is -0.492 e. The Morgan fingerprint density at radius 3 is 2.62 bits per heavy atom. The summed E-state index contributed by atoms with van der Waals surface area (Å²) < 4.78 is 11.1. The standard InChI is InChI=1S/C22H17NO5S/c1-14-6-8-16(9-7-14)27-11-10-23-21(25)19(29-22(23)26)12-15-13-28-18-5-3-2-4-17(18)20(15)24/h2-9,12-13H,10-11H2,1H3/b19-12-. The molecule has 0 aliphatic carbocycles. The van der Waals surface area contributed by atoms with Gasteiger partial charge in [0.15, 0.2) is 5.43 Å². The molecule has 0 atom stereocenters. The first-order valence-corrected chi connectivity index (χ1v) is 9.80. The van der Waals surface area contributed by atoms with Gasteiger partial charge in [-0.2, -0.15) is 0 Å². The molecule has 2 heterocycles. The Morgan fingerprint density at radius 1 is 1.07 bits per heavy atom. The van der Waals surface area contributed by atoms with Crippen LogP contribution < -0.4 is 10.2 Å². The third-order valence-electron chi connectivity index (χ3n) is 4.47. The van der Waals surface area contributed by atoms with Crippen molar-refractivity contribution in [2.75, 3.05) is 13.2 Å². The fraction of sp³-hybridized carbons (Fsp3) is 0.136. The van der Waals surface area contributed by atoms with Crippen LogP contribution in [0, 0.1) is 6.92 Å². The van der Waals surface area contributed by atoms with Gasteiger partial charge in [0.05, 0.1) is 22.4 Å². The maximum Gasteiger partial charge on any atom is 0.293 e. The highest BCUT2D eigenvalue weighted by Crippen LogP contribution is 2.31. The molecule has 4 rings (SSSR count). The Kier molecular flexibility index (Phi) is 5.22. The van der Waals surface area contributed by atoms with E-state index in [2.05, 4.69) is 0 Å². The molecular weight excluding hydrogens is 390 g/mol. The van der Waals surface area contributed by atoms with Crippen molar-refractivity contribution in [2.45, 2.75) is 6.92 Å². The molecule has 1 fully saturated rings. The van der Waals surface area contributed by atoms with Crippen molar-refractivity contribution in [2.24, 2.45) is 0 Å². The number of carbonyl (C=O) groups is 2. The smallest absolute Gasteiger partial charge is 0.293 e. The molecule has 7 heteroatoms. The van der Waals surface area contributed by atoms with Crippen LogP contribution in [0.1, 0.15) is 11.1 Å². The highest BCUT2D eigenvalue weighted by atomic mass is 32.2. The first-order valence-electron chi connectivity index (χ1n) is 8.98. The lowest BCUT2D eigenvalue weighted by molar-refractivity contribution is -0.123. The number of rotatable bonds is 5. The monoisotopic (exact) mass is 407 g/mol. The second-order valence-electron chi connectivity index (χ2n) is 6.51. The van der Waals surface area contributed by atoms with E-state index in [9.17, 15) is 14.4 Å². The minimum absolute atomic E-state index is 0.127. The second kappa shape index (κ2) is 7.97. The predicted molar refractivity (Wildman–Crippen MR) is 112 cm³/mol. The fourth-order valence-electron chi connectivity index (χ4n) is 2.92. The van der Waals surface area contributed by atoms with Crippen LogP contribution in [0.5, 0.6) is 5.75 Å². The topological polar surface area (TPSA) is 76.8 Å². The van der Waals surface area contributed by atoms with Crippen LogP contribution in [0.2, 0.25) is 0 Å². The minimum atomic E-state index is -0.444. The number of para-hydroxylation sites is 1. The molecule has 2 amide bonds. The molecule has 6 nitrogen and oxygen atoms in total. The molecule has 0 bridgehead atoms. The zero-order valence-electron chi connectivity index (χ0n) is 15.6. The molecule has 0 N–H and O–H groups in total. The Labute approximate surface area is 170 Å². The molecule has 2 aromatic carbocycles. The van der Waals surface area contributed by atoms with E-state index in [1.165, 1.54) is 12.3 Å². The Balaban J connectivity index is 1.48. The van der Waals surface area contributed by atoms with Crippen LogP contribution in [0.3, 0.4) is 0 Å². The SMILES string of the molecule is Cc1ccc(OCCN2C(=O)S/C(=C\c3coc4ccccc4c3=O)C2=O)cc1. The highest BCUT2D eigenvalue weighted by Gasteiger charge is 2.35. The number of hydrogen-bond acceptors (Lipinski definition) is 6. The summed E-state index contributed by atoms with van der Waals surface area (Å²) >= 11 is 0.801. The van der Waals surface area contributed by atoms with Gasteiger partial charge < -0.3 is 9.15 Å². The molecule has 3 aromatic rings. The average Bonchev–Trinajstić information content (AvgIpc) is 2.99. The van der Waals surface area contributed by atoms with Crippen LogP contribution in [-0.4, -0.2) is 29.2 Å². The van der Waals surface area contributed by atoms with E-state index >= 15 is 0 Å². The van der Waals surface area contributed by atoms with Crippen molar-refractivity contribution < 1.29 is 18.7 Å². The van der Waals surface area contributed by atoms with Gasteiger partial charge in [0.25, 0.3) is 11.1 Å². The predicted octanol–water partition coefficient (Wildman–Crippen LogP) is 4.22. The number of ether oxygens (including phenoxy) is 1. The summed E-state index contributed by atoms with van der Waals surface area (Å²) in [4.78, 5) is 38.8. The van der Waals surface area contributed by atoms with Crippen molar-refractivity contribution >= 4 is 40.0 Å². The van der Waals surface area contributed by atoms with E-state index in [4.69, 9.17) is 9.15 Å². The average molecular weight is 407 g/mol. The van der Waals surface area contributed by atoms with Crippen LogP contribution >= 0.6 is 11.8 Å². The molecule has 1 aliphatic rings. The number of amides is 2. The molecule has 146 valence electrons. The van der Waals surface area contributed by atoms with Crippen LogP contribution in [-0.2, 0) is 4.79 Å². The summed E-state index contributed by atoms with van der Waals surface area (Å²) in [6.45, 7) is 2.29. The van der Waals surface area contributed by atoms with E-state index in [-0.39, 0.29) is 34.3 Å². The first kappa shape index (κ1) is 19.0. The Hall–Kier alpha value is -3.32. The van der Waals surface area contributed by atoms with Crippen molar-refractivity contribution in [3.8, 4) is 5.75 Å². The zero-order chi connectivity index (χ0) is 20.4. The van der Waals surface area contributed by atoms with Crippen molar-refractivity contribution in [1.29, 1.82) is 0 Å². The molecule has 1 aliphatic heterocycles. The summed E-state index contributed by atoms with van der Waals surface area (Å²) in [6, 6.07) is 14.4. The number of nitrogens with zero attached hydrogens (tertiary/aromatic N) is 1. The van der Waals surface area contributed by atoms with E-state index in [0.717, 1.165) is 22.2 Å². The van der Waals surface area contributed by atoms with E-state index < -0.39 is 5.91 Å². The lowest BCUT2D eigenvalue weighted by Crippen LogP contribution is -2.32. The summed E-state index contributed by atoms with van der Waals surface area (Å²) in [5, 5.41) is 0.0332. The fourth-order valence-corrected chi connectivity index (χ4v) is 3.77. The van der Waals surface area contributed by atoms with Gasteiger partial charge in [-0.15, -0.1) is 0 Å². The van der Waals surface area contributed by atoms with Crippen LogP contribution in [0.15, 0.2) is 68.9 Å². The van der Waals surface area contributed by atoms with Crippen LogP contribution in [0.4, 0.5) is 4.79 Å². The largest absolute Gasteiger partial charge is 0.492 e. The molecule has 29 heavy (non-hydrogen) atoms. The molecular formula is C22H17NO5S. The lowest BCUT2D eigenvalue weighted by Gasteiger charge is -2.13. The number of fused-ring (bicyclic) bond motifs is 1. The molecule has 0 unspecified atom stereocenters. The van der Waals surface area contributed by atoms with E-state index in [1.807, 2.05) is 31.2 Å². The van der Waals surface area contributed by atoms with Crippen LogP contribution in [0.25, 0.3) is 17.0 Å². The number of hydrogen-bond donors (Lipinski definition) is 0. The summed E-state index contributed by atoms with van der Waals surface area (Å²) in [5.41, 5.74) is 1.56. The normalized spacial score (nSPS) is 15.5. The summed E-state index contributed by atoms with van der Waals surface area (Å²) in [7, 11) is 0. The molecule has 1 aromatic heterocycles. The number of thioether (sulfide) groups is 1. The molecule has 1 saturated heterocycles. The molecule has 0 saturated carbocycles. The van der Waals surface area contributed by atoms with E-state index in [0.29, 0.717) is 16.7 Å². The van der Waals surface area contributed by atoms with Gasteiger partial charge in [0.1, 0.15) is 24.2 Å². The van der Waals surface area contributed by atoms with Gasteiger partial charge in [0, 0.05) is 0 Å². The summed E-state index contributed by atoms with van der Waals surface area (Å²) in [6.07, 6.45) is 2.71. The van der Waals surface area contributed by atoms with Crippen molar-refractivity contribution in [3.63, 3.8) is 0 Å². The van der Waals surface area contributed by atoms with Gasteiger partial charge in [-0.3, -0.25) is 19.3 Å². The lowest BCUT2D eigenvalue weighted by atomic mass is 10.1. The number of imide groups is 1. The third kappa shape index (κ3) is 3.95. The Bertz CT molecular complexity index is 1180. The maximum absolute atomic E-state index is 12.6. The van der Waals surface area contributed by atoms with Gasteiger partial charge in [0.2, 0.25) is 0 Å². The zero-order valence-corrected chi connectivity index (χ0v) is 16.4. The molecule has 0 spiro atoms. The Morgan fingerprint density at radius 2 is 1.83 bits per heavy atom. The quantitative estimate of drug-likeness (QED) is 0.590. The van der Waals surface area contributed by atoms with Crippen molar-refractivity contribution in [3.05, 3.63) is 81.0 Å². The van der Waals surface area contributed by atoms with Gasteiger partial charge in [-0.1, -0.05) is 29.8 Å². The number of carbonyl (C=O) groups excluding carboxylic acids is 2. The second-order valence-corrected chi connectivity index (χ2v) is 7.50. The van der Waals surface area contributed by atoms with Crippen molar-refractivity contribution in [1.82, 2.24) is 4.90 Å². The first-order chi connectivity index (χ1) is 14.0. The highest BCUT2D eigenvalue weighted by molar-refractivity contribution is 8.18. The van der Waals surface area contributed by atoms with Gasteiger partial charge in [-0.25, -0.2) is 0 Å². The van der Waals surface area contributed by atoms with E-state index in [1.54, 1.807) is 24.3 Å². The van der Waals surface area contributed by atoms with Gasteiger partial charge in [-0.05, 0) is 49.0 Å².